The van der Waals surface area contributed by atoms with Gasteiger partial charge in [-0.1, -0.05) is 29.3 Å². The van der Waals surface area contributed by atoms with Crippen LogP contribution in [0.5, 0.6) is 0 Å². The summed E-state index contributed by atoms with van der Waals surface area (Å²) in [6, 6.07) is 4.76. The fourth-order valence-electron chi connectivity index (χ4n) is 2.01. The van der Waals surface area contributed by atoms with E-state index in [9.17, 15) is 4.39 Å². The molecule has 1 aromatic carbocycles. The summed E-state index contributed by atoms with van der Waals surface area (Å²) in [4.78, 5) is 10.3. The number of nitrogens with two attached hydrogens (primary N) is 1. The number of hydrogen-bond acceptors (Lipinski definition) is 5. The third-order valence-corrected chi connectivity index (χ3v) is 3.75. The van der Waals surface area contributed by atoms with E-state index in [0.29, 0.717) is 27.5 Å². The normalized spacial score (nSPS) is 10.5. The summed E-state index contributed by atoms with van der Waals surface area (Å²) < 4.78 is 14.6. The number of anilines is 4. The number of hydrogen-bond donors (Lipinski definition) is 2. The van der Waals surface area contributed by atoms with E-state index in [4.69, 9.17) is 5.73 Å². The Morgan fingerprint density at radius 1 is 1.36 bits per heavy atom. The van der Waals surface area contributed by atoms with E-state index >= 15 is 0 Å². The largest absolute Gasteiger partial charge is 0.393 e. The molecule has 2 rings (SSSR count). The van der Waals surface area contributed by atoms with E-state index in [1.165, 1.54) is 12.4 Å². The van der Waals surface area contributed by atoms with E-state index in [1.807, 2.05) is 11.9 Å². The Kier molecular flexibility index (Phi) is 5.54. The first-order valence-corrected chi connectivity index (χ1v) is 7.86. The van der Waals surface area contributed by atoms with E-state index in [-0.39, 0.29) is 5.82 Å². The van der Waals surface area contributed by atoms with Crippen molar-refractivity contribution in [1.29, 1.82) is 0 Å². The molecule has 0 atom stereocenters. The van der Waals surface area contributed by atoms with Gasteiger partial charge in [0.15, 0.2) is 11.6 Å². The van der Waals surface area contributed by atoms with Crippen LogP contribution in [0.15, 0.2) is 29.0 Å². The Hall–Kier alpha value is -1.89. The molecule has 2 aromatic rings. The molecule has 0 aliphatic rings. The quantitative estimate of drug-likeness (QED) is 0.809. The molecule has 0 saturated carbocycles. The Morgan fingerprint density at radius 2 is 2.14 bits per heavy atom. The van der Waals surface area contributed by atoms with Gasteiger partial charge in [0.2, 0.25) is 0 Å². The molecule has 7 heteroatoms. The van der Waals surface area contributed by atoms with Gasteiger partial charge >= 0.3 is 0 Å². The lowest BCUT2D eigenvalue weighted by Crippen LogP contribution is -2.21. The van der Waals surface area contributed by atoms with Crippen molar-refractivity contribution in [1.82, 2.24) is 9.97 Å². The van der Waals surface area contributed by atoms with Crippen molar-refractivity contribution < 1.29 is 4.39 Å². The van der Waals surface area contributed by atoms with Gasteiger partial charge in [0.05, 0.1) is 5.69 Å². The van der Waals surface area contributed by atoms with Gasteiger partial charge in [0.25, 0.3) is 0 Å². The van der Waals surface area contributed by atoms with Crippen molar-refractivity contribution in [2.75, 3.05) is 29.5 Å². The molecule has 118 valence electrons. The highest BCUT2D eigenvalue weighted by molar-refractivity contribution is 9.10. The maximum absolute atomic E-state index is 13.9. The summed E-state index contributed by atoms with van der Waals surface area (Å²) >= 11 is 3.23. The molecule has 0 amide bonds. The van der Waals surface area contributed by atoms with Crippen LogP contribution in [-0.4, -0.2) is 23.6 Å². The Balaban J connectivity index is 2.25. The Labute approximate surface area is 137 Å². The topological polar surface area (TPSA) is 67.1 Å². The van der Waals surface area contributed by atoms with Gasteiger partial charge < -0.3 is 16.0 Å². The smallest absolute Gasteiger partial charge is 0.159 e. The highest BCUT2D eigenvalue weighted by atomic mass is 79.9. The van der Waals surface area contributed by atoms with Crippen LogP contribution in [0.3, 0.4) is 0 Å². The van der Waals surface area contributed by atoms with Gasteiger partial charge in [-0.2, -0.15) is 0 Å². The zero-order valence-corrected chi connectivity index (χ0v) is 14.2. The lowest BCUT2D eigenvalue weighted by molar-refractivity contribution is 0.631. The first kappa shape index (κ1) is 16.5. The summed E-state index contributed by atoms with van der Waals surface area (Å²) in [5.41, 5.74) is 6.84. The van der Waals surface area contributed by atoms with Gasteiger partial charge in [-0.3, -0.25) is 0 Å². The van der Waals surface area contributed by atoms with Crippen LogP contribution in [0, 0.1) is 5.82 Å². The molecule has 0 bridgehead atoms. The first-order valence-electron chi connectivity index (χ1n) is 7.06. The van der Waals surface area contributed by atoms with Crippen molar-refractivity contribution in [2.24, 2.45) is 0 Å². The molecule has 0 radical (unpaired) electrons. The van der Waals surface area contributed by atoms with Crippen LogP contribution >= 0.6 is 15.9 Å². The predicted molar refractivity (Wildman–Crippen MR) is 92.0 cm³/mol. The first-order chi connectivity index (χ1) is 10.5. The van der Waals surface area contributed by atoms with Crippen LogP contribution in [0.1, 0.15) is 19.8 Å². The number of unbranched alkanes of at least 4 members (excludes halogenated alkanes) is 1. The highest BCUT2D eigenvalue weighted by Gasteiger charge is 2.13. The van der Waals surface area contributed by atoms with Crippen LogP contribution in [-0.2, 0) is 0 Å². The van der Waals surface area contributed by atoms with Gasteiger partial charge in [-0.05, 0) is 24.6 Å². The molecule has 1 aromatic heterocycles. The number of benzene rings is 1. The fourth-order valence-corrected chi connectivity index (χ4v) is 2.34. The lowest BCUT2D eigenvalue weighted by atomic mass is 10.3. The molecule has 0 fully saturated rings. The molecule has 0 saturated heterocycles. The average molecular weight is 368 g/mol. The number of nitrogens with zero attached hydrogens (tertiary/aromatic N) is 3. The summed E-state index contributed by atoms with van der Waals surface area (Å²) in [6.45, 7) is 2.98. The number of nitrogens with one attached hydrogen (secondary N) is 1. The predicted octanol–water partition coefficient (Wildman–Crippen LogP) is 3.94. The fraction of sp³-hybridized carbons (Fsp3) is 0.333. The summed E-state index contributed by atoms with van der Waals surface area (Å²) in [5, 5.41) is 2.92. The van der Waals surface area contributed by atoms with E-state index < -0.39 is 0 Å². The molecule has 0 unspecified atom stereocenters. The summed E-state index contributed by atoms with van der Waals surface area (Å²) in [7, 11) is 1.93. The second-order valence-corrected chi connectivity index (χ2v) is 5.90. The SMILES string of the molecule is CCCCN(C)c1ncnc(Nc2ccc(Br)cc2F)c1N. The highest BCUT2D eigenvalue weighted by Crippen LogP contribution is 2.29. The average Bonchev–Trinajstić information content (AvgIpc) is 2.49. The minimum absolute atomic E-state index is 0.316. The van der Waals surface area contributed by atoms with Gasteiger partial charge in [-0.25, -0.2) is 14.4 Å². The third-order valence-electron chi connectivity index (χ3n) is 3.26. The van der Waals surface area contributed by atoms with Crippen molar-refractivity contribution in [3.05, 3.63) is 34.8 Å². The van der Waals surface area contributed by atoms with Crippen LogP contribution in [0.4, 0.5) is 27.4 Å². The molecule has 22 heavy (non-hydrogen) atoms. The Bertz CT molecular complexity index is 650. The molecule has 3 N–H and O–H groups in total. The van der Waals surface area contributed by atoms with E-state index in [0.717, 1.165) is 19.4 Å². The lowest BCUT2D eigenvalue weighted by Gasteiger charge is -2.20. The Morgan fingerprint density at radius 3 is 2.82 bits per heavy atom. The van der Waals surface area contributed by atoms with Crippen LogP contribution < -0.4 is 16.0 Å². The zero-order valence-electron chi connectivity index (χ0n) is 12.6. The number of halogens is 2. The molecule has 5 nitrogen and oxygen atoms in total. The van der Waals surface area contributed by atoms with E-state index in [2.05, 4.69) is 38.1 Å². The molecule has 1 heterocycles. The molecule has 0 aliphatic carbocycles. The van der Waals surface area contributed by atoms with Crippen molar-refractivity contribution in [2.45, 2.75) is 19.8 Å². The maximum atomic E-state index is 13.9. The second-order valence-electron chi connectivity index (χ2n) is 4.98. The molecule has 0 spiro atoms. The third kappa shape index (κ3) is 3.85. The summed E-state index contributed by atoms with van der Waals surface area (Å²) in [5.74, 6) is 0.659. The van der Waals surface area contributed by atoms with Crippen molar-refractivity contribution in [3.63, 3.8) is 0 Å². The van der Waals surface area contributed by atoms with Gasteiger partial charge in [-0.15, -0.1) is 0 Å². The minimum Gasteiger partial charge on any atom is -0.393 e. The van der Waals surface area contributed by atoms with Crippen molar-refractivity contribution >= 4 is 38.9 Å². The molecular formula is C15H19BrFN5. The standard InChI is InChI=1S/C15H19BrFN5/c1-3-4-7-22(2)15-13(18)14(19-9-20-15)21-12-6-5-10(16)8-11(12)17/h5-6,8-9H,3-4,7,18H2,1-2H3,(H,19,20,21). The molecular weight excluding hydrogens is 349 g/mol. The maximum Gasteiger partial charge on any atom is 0.159 e. The monoisotopic (exact) mass is 367 g/mol. The number of rotatable bonds is 6. The summed E-state index contributed by atoms with van der Waals surface area (Å²) in [6.07, 6.45) is 3.56. The van der Waals surface area contributed by atoms with Crippen molar-refractivity contribution in [3.8, 4) is 0 Å². The van der Waals surface area contributed by atoms with Crippen LogP contribution in [0.2, 0.25) is 0 Å². The zero-order chi connectivity index (χ0) is 16.1. The minimum atomic E-state index is -0.381. The van der Waals surface area contributed by atoms with Crippen LogP contribution in [0.25, 0.3) is 0 Å². The molecule has 0 aliphatic heterocycles. The van der Waals surface area contributed by atoms with Gasteiger partial charge in [0, 0.05) is 18.1 Å². The van der Waals surface area contributed by atoms with Gasteiger partial charge in [0.1, 0.15) is 17.8 Å². The number of aromatic nitrogens is 2. The van der Waals surface area contributed by atoms with E-state index in [1.54, 1.807) is 12.1 Å². The number of nitrogen functional groups attached to an aromatic ring is 1. The second kappa shape index (κ2) is 7.40.